The molecule has 0 aliphatic heterocycles. The molecule has 37 heavy (non-hydrogen) atoms. The highest BCUT2D eigenvalue weighted by Crippen LogP contribution is 2.41. The molecule has 8 rings (SSSR count). The molecule has 0 radical (unpaired) electrons. The maximum absolute atomic E-state index is 6.51. The van der Waals surface area contributed by atoms with Gasteiger partial charge in [-0.1, -0.05) is 85.0 Å². The summed E-state index contributed by atoms with van der Waals surface area (Å²) in [5.74, 6) is 1.04. The topological polar surface area (TPSA) is 13.1 Å². The number of fused-ring (bicyclic) bond motifs is 7. The average molecular weight is 477 g/mol. The van der Waals surface area contributed by atoms with Gasteiger partial charge in [0, 0.05) is 10.9 Å². The van der Waals surface area contributed by atoms with Gasteiger partial charge < -0.3 is 4.42 Å². The van der Waals surface area contributed by atoms with Crippen LogP contribution in [0.4, 0.5) is 0 Å². The summed E-state index contributed by atoms with van der Waals surface area (Å²) in [6.07, 6.45) is 20.6. The lowest BCUT2D eigenvalue weighted by atomic mass is 9.81. The minimum absolute atomic E-state index is 1.00. The van der Waals surface area contributed by atoms with Crippen molar-refractivity contribution in [3.63, 3.8) is 0 Å². The quantitative estimate of drug-likeness (QED) is 0.250. The molecule has 0 N–H and O–H groups in total. The van der Waals surface area contributed by atoms with E-state index < -0.39 is 0 Å². The number of allylic oxidation sites excluding steroid dienone is 5. The van der Waals surface area contributed by atoms with Crippen molar-refractivity contribution in [2.75, 3.05) is 0 Å². The molecular formula is C36H28O. The molecule has 0 atom stereocenters. The van der Waals surface area contributed by atoms with Crippen molar-refractivity contribution >= 4 is 61.9 Å². The molecule has 0 spiro atoms. The molecule has 1 heteroatoms. The number of aryl methyl sites for hydroxylation is 1. The molecule has 0 fully saturated rings. The fraction of sp³-hybridized carbons (Fsp3) is 0.167. The van der Waals surface area contributed by atoms with Gasteiger partial charge in [0.15, 0.2) is 0 Å². The lowest BCUT2D eigenvalue weighted by Crippen LogP contribution is -2.34. The highest BCUT2D eigenvalue weighted by Gasteiger charge is 2.24. The van der Waals surface area contributed by atoms with Crippen molar-refractivity contribution in [2.45, 2.75) is 38.5 Å². The van der Waals surface area contributed by atoms with Crippen LogP contribution in [0, 0.1) is 0 Å². The second kappa shape index (κ2) is 8.21. The molecular weight excluding hydrogens is 448 g/mol. The molecule has 0 saturated carbocycles. The largest absolute Gasteiger partial charge is 0.456 e. The third kappa shape index (κ3) is 3.17. The minimum atomic E-state index is 1.00. The van der Waals surface area contributed by atoms with Crippen molar-refractivity contribution in [1.29, 1.82) is 0 Å². The molecule has 0 saturated heterocycles. The van der Waals surface area contributed by atoms with Crippen LogP contribution in [0.25, 0.3) is 61.9 Å². The fourth-order valence-electron chi connectivity index (χ4n) is 6.86. The molecule has 1 heterocycles. The Labute approximate surface area is 216 Å². The smallest absolute Gasteiger partial charge is 0.135 e. The van der Waals surface area contributed by atoms with Gasteiger partial charge in [-0.15, -0.1) is 0 Å². The number of benzene rings is 4. The predicted molar refractivity (Wildman–Crippen MR) is 158 cm³/mol. The number of hydrogen-bond acceptors (Lipinski definition) is 1. The van der Waals surface area contributed by atoms with Crippen LogP contribution >= 0.6 is 0 Å². The Bertz CT molecular complexity index is 1970. The van der Waals surface area contributed by atoms with Crippen LogP contribution in [0.1, 0.15) is 54.6 Å². The molecule has 3 aliphatic carbocycles. The van der Waals surface area contributed by atoms with Gasteiger partial charge in [0.1, 0.15) is 11.3 Å². The van der Waals surface area contributed by atoms with E-state index in [0.717, 1.165) is 49.9 Å². The normalized spacial score (nSPS) is 16.6. The fourth-order valence-corrected chi connectivity index (χ4v) is 6.86. The van der Waals surface area contributed by atoms with Gasteiger partial charge in [-0.05, 0) is 105 Å². The third-order valence-corrected chi connectivity index (χ3v) is 8.47. The van der Waals surface area contributed by atoms with Gasteiger partial charge in [-0.3, -0.25) is 0 Å². The van der Waals surface area contributed by atoms with Crippen LogP contribution in [0.15, 0.2) is 83.3 Å². The molecule has 0 bridgehead atoms. The molecule has 1 nitrogen and oxygen atoms in total. The first kappa shape index (κ1) is 21.0. The molecule has 0 amide bonds. The average Bonchev–Trinajstić information content (AvgIpc) is 3.34. The van der Waals surface area contributed by atoms with Crippen LogP contribution in [0.5, 0.6) is 0 Å². The Morgan fingerprint density at radius 3 is 2.11 bits per heavy atom. The second-order valence-corrected chi connectivity index (χ2v) is 10.5. The van der Waals surface area contributed by atoms with E-state index >= 15 is 0 Å². The van der Waals surface area contributed by atoms with Crippen LogP contribution < -0.4 is 10.4 Å². The zero-order chi connectivity index (χ0) is 24.3. The number of rotatable bonds is 2. The number of furan rings is 1. The molecule has 5 aromatic rings. The maximum atomic E-state index is 6.51. The zero-order valence-corrected chi connectivity index (χ0v) is 20.9. The predicted octanol–water partition coefficient (Wildman–Crippen LogP) is 8.31. The van der Waals surface area contributed by atoms with E-state index in [2.05, 4.69) is 97.1 Å². The summed E-state index contributed by atoms with van der Waals surface area (Å²) < 4.78 is 6.51. The van der Waals surface area contributed by atoms with Crippen molar-refractivity contribution in [2.24, 2.45) is 0 Å². The molecule has 0 unspecified atom stereocenters. The summed E-state index contributed by atoms with van der Waals surface area (Å²) in [5, 5.41) is 9.48. The van der Waals surface area contributed by atoms with E-state index in [0.29, 0.717) is 0 Å². The Balaban J connectivity index is 1.41. The molecule has 1 aromatic heterocycles. The Morgan fingerprint density at radius 1 is 0.622 bits per heavy atom. The lowest BCUT2D eigenvalue weighted by molar-refractivity contribution is 0.596. The Morgan fingerprint density at radius 2 is 1.35 bits per heavy atom. The van der Waals surface area contributed by atoms with Crippen molar-refractivity contribution in [1.82, 2.24) is 0 Å². The summed E-state index contributed by atoms with van der Waals surface area (Å²) in [5.41, 5.74) is 8.09. The van der Waals surface area contributed by atoms with E-state index in [4.69, 9.17) is 4.42 Å². The first-order chi connectivity index (χ1) is 18.4. The van der Waals surface area contributed by atoms with Crippen molar-refractivity contribution in [3.05, 3.63) is 112 Å². The molecule has 4 aromatic carbocycles. The summed E-state index contributed by atoms with van der Waals surface area (Å²) in [7, 11) is 0. The standard InChI is InChI=1S/C36H28O/c1-2-11-24(12-3-1)34-27-14-6-8-16-29(27)35(30-17-9-7-15-28(30)34)25-18-20-31-33(22-25)37-32-21-19-23-10-4-5-13-26(23)36(31)32/h1-2,4-6,8,10-11,13-17,19,21-22H,3,7,9,12,18,20H2. The van der Waals surface area contributed by atoms with Gasteiger partial charge in [0.25, 0.3) is 0 Å². The first-order valence-corrected chi connectivity index (χ1v) is 13.6. The Hall–Kier alpha value is -4.10. The Kier molecular flexibility index (Phi) is 4.67. The van der Waals surface area contributed by atoms with E-state index in [1.54, 1.807) is 0 Å². The van der Waals surface area contributed by atoms with Gasteiger partial charge in [-0.25, -0.2) is 0 Å². The summed E-state index contributed by atoms with van der Waals surface area (Å²) in [6.45, 7) is 0. The summed E-state index contributed by atoms with van der Waals surface area (Å²) in [6, 6.07) is 22.1. The SMILES string of the molecule is C1=CCCC(c2c3c(c(C4=Cc5oc6ccc7ccccc7c6c5CC4)c4ccccc24)=CCCC=3)=C1. The lowest BCUT2D eigenvalue weighted by Gasteiger charge is -2.22. The van der Waals surface area contributed by atoms with Crippen LogP contribution in [-0.2, 0) is 6.42 Å². The molecule has 178 valence electrons. The summed E-state index contributed by atoms with van der Waals surface area (Å²) in [4.78, 5) is 0. The third-order valence-electron chi connectivity index (χ3n) is 8.47. The van der Waals surface area contributed by atoms with E-state index in [1.165, 1.54) is 65.2 Å². The highest BCUT2D eigenvalue weighted by molar-refractivity contribution is 6.10. The zero-order valence-electron chi connectivity index (χ0n) is 20.9. The van der Waals surface area contributed by atoms with Crippen molar-refractivity contribution < 1.29 is 4.42 Å². The van der Waals surface area contributed by atoms with Gasteiger partial charge in [-0.2, -0.15) is 0 Å². The summed E-state index contributed by atoms with van der Waals surface area (Å²) >= 11 is 0. The minimum Gasteiger partial charge on any atom is -0.456 e. The monoisotopic (exact) mass is 476 g/mol. The van der Waals surface area contributed by atoms with E-state index in [9.17, 15) is 0 Å². The van der Waals surface area contributed by atoms with Gasteiger partial charge in [0.05, 0.1) is 0 Å². The highest BCUT2D eigenvalue weighted by atomic mass is 16.3. The van der Waals surface area contributed by atoms with Crippen LogP contribution in [-0.4, -0.2) is 0 Å². The van der Waals surface area contributed by atoms with Gasteiger partial charge in [0.2, 0.25) is 0 Å². The van der Waals surface area contributed by atoms with Gasteiger partial charge >= 0.3 is 0 Å². The van der Waals surface area contributed by atoms with E-state index in [1.807, 2.05) is 0 Å². The second-order valence-electron chi connectivity index (χ2n) is 10.5. The number of hydrogen-bond donors (Lipinski definition) is 0. The van der Waals surface area contributed by atoms with Crippen LogP contribution in [0.3, 0.4) is 0 Å². The molecule has 3 aliphatic rings. The van der Waals surface area contributed by atoms with Crippen LogP contribution in [0.2, 0.25) is 0 Å². The van der Waals surface area contributed by atoms with E-state index in [-0.39, 0.29) is 0 Å². The van der Waals surface area contributed by atoms with Crippen molar-refractivity contribution in [3.8, 4) is 0 Å². The first-order valence-electron chi connectivity index (χ1n) is 13.6. The maximum Gasteiger partial charge on any atom is 0.135 e.